The number of hydrogen-bond acceptors (Lipinski definition) is 4. The summed E-state index contributed by atoms with van der Waals surface area (Å²) in [5.41, 5.74) is 3.05. The molecule has 0 saturated carbocycles. The Kier molecular flexibility index (Phi) is 7.36. The number of piperidine rings is 1. The molecule has 3 aromatic rings. The summed E-state index contributed by atoms with van der Waals surface area (Å²) >= 11 is 12.7. The van der Waals surface area contributed by atoms with Gasteiger partial charge in [0.1, 0.15) is 6.04 Å². The number of aromatic nitrogens is 1. The van der Waals surface area contributed by atoms with E-state index in [1.165, 1.54) is 7.11 Å². The third-order valence-corrected chi connectivity index (χ3v) is 6.47. The van der Waals surface area contributed by atoms with Crippen molar-refractivity contribution in [3.8, 4) is 11.3 Å². The molecule has 2 aromatic carbocycles. The van der Waals surface area contributed by atoms with Gasteiger partial charge in [0.25, 0.3) is 0 Å². The molecule has 2 heterocycles. The molecule has 1 saturated heterocycles. The van der Waals surface area contributed by atoms with E-state index in [-0.39, 0.29) is 6.03 Å². The molecule has 1 aliphatic heterocycles. The van der Waals surface area contributed by atoms with E-state index >= 15 is 0 Å². The van der Waals surface area contributed by atoms with Crippen molar-refractivity contribution in [3.05, 3.63) is 64.1 Å². The molecular formula is C25H25Cl2N3O3. The summed E-state index contributed by atoms with van der Waals surface area (Å²) in [5, 5.41) is 4.83. The molecule has 0 aliphatic carbocycles. The van der Waals surface area contributed by atoms with Crippen LogP contribution in [0.25, 0.3) is 22.2 Å². The van der Waals surface area contributed by atoms with E-state index in [4.69, 9.17) is 32.9 Å². The highest BCUT2D eigenvalue weighted by Gasteiger charge is 2.25. The highest BCUT2D eigenvalue weighted by Crippen LogP contribution is 2.34. The largest absolute Gasteiger partial charge is 0.467 e. The van der Waals surface area contributed by atoms with Gasteiger partial charge >= 0.3 is 12.0 Å². The Balaban J connectivity index is 1.55. The average molecular weight is 486 g/mol. The van der Waals surface area contributed by atoms with Crippen LogP contribution >= 0.6 is 23.2 Å². The lowest BCUT2D eigenvalue weighted by molar-refractivity contribution is -0.142. The Morgan fingerprint density at radius 1 is 1.06 bits per heavy atom. The van der Waals surface area contributed by atoms with Crippen LogP contribution in [0.2, 0.25) is 10.0 Å². The number of ether oxygens (including phenoxy) is 1. The minimum Gasteiger partial charge on any atom is -0.467 e. The van der Waals surface area contributed by atoms with Crippen molar-refractivity contribution in [2.24, 2.45) is 0 Å². The number of pyridine rings is 1. The Hall–Kier alpha value is -2.83. The van der Waals surface area contributed by atoms with Gasteiger partial charge in [0.2, 0.25) is 0 Å². The van der Waals surface area contributed by atoms with Crippen LogP contribution in [-0.4, -0.2) is 48.1 Å². The quantitative estimate of drug-likeness (QED) is 0.485. The number of methoxy groups -OCH3 is 1. The molecule has 1 aromatic heterocycles. The standard InChI is InChI=1S/C25H25Cl2N3O3/c1-33-24(31)22(29-25(32)30-12-3-2-4-13-30)15-16-8-10-20-17(14-16)9-11-21(28-20)23-18(26)6-5-7-19(23)27/h5-11,14,22H,2-4,12-13,15H2,1H3,(H,29,32). The highest BCUT2D eigenvalue weighted by atomic mass is 35.5. The molecule has 33 heavy (non-hydrogen) atoms. The maximum absolute atomic E-state index is 12.6. The van der Waals surface area contributed by atoms with Crippen molar-refractivity contribution >= 4 is 46.1 Å². The fourth-order valence-electron chi connectivity index (χ4n) is 4.09. The number of carbonyl (C=O) groups is 2. The fraction of sp³-hybridized carbons (Fsp3) is 0.320. The van der Waals surface area contributed by atoms with Crippen molar-refractivity contribution in [1.29, 1.82) is 0 Å². The fourth-order valence-corrected chi connectivity index (χ4v) is 4.68. The van der Waals surface area contributed by atoms with Crippen molar-refractivity contribution in [2.45, 2.75) is 31.7 Å². The first-order valence-electron chi connectivity index (χ1n) is 10.9. The van der Waals surface area contributed by atoms with E-state index in [0.717, 1.165) is 35.7 Å². The van der Waals surface area contributed by atoms with Crippen molar-refractivity contribution in [1.82, 2.24) is 15.2 Å². The minimum atomic E-state index is -0.768. The lowest BCUT2D eigenvalue weighted by Crippen LogP contribution is -2.50. The van der Waals surface area contributed by atoms with Gasteiger partial charge in [0.05, 0.1) is 28.4 Å². The molecule has 1 atom stereocenters. The Labute approximate surface area is 202 Å². The van der Waals surface area contributed by atoms with Crippen LogP contribution in [0.5, 0.6) is 0 Å². The molecule has 172 valence electrons. The summed E-state index contributed by atoms with van der Waals surface area (Å²) in [6.45, 7) is 1.41. The van der Waals surface area contributed by atoms with E-state index in [0.29, 0.717) is 40.8 Å². The topological polar surface area (TPSA) is 71.5 Å². The molecule has 1 unspecified atom stereocenters. The summed E-state index contributed by atoms with van der Waals surface area (Å²) in [6, 6.07) is 13.9. The second-order valence-electron chi connectivity index (χ2n) is 8.10. The van der Waals surface area contributed by atoms with E-state index in [1.807, 2.05) is 30.3 Å². The molecular weight excluding hydrogens is 461 g/mol. The van der Waals surface area contributed by atoms with E-state index in [9.17, 15) is 9.59 Å². The smallest absolute Gasteiger partial charge is 0.328 e. The number of hydrogen-bond donors (Lipinski definition) is 1. The summed E-state index contributed by atoms with van der Waals surface area (Å²) in [4.78, 5) is 31.5. The SMILES string of the molecule is COC(=O)C(Cc1ccc2nc(-c3c(Cl)cccc3Cl)ccc2c1)NC(=O)N1CCCCC1. The van der Waals surface area contributed by atoms with Crippen LogP contribution in [0.4, 0.5) is 4.79 Å². The number of benzene rings is 2. The molecule has 0 radical (unpaired) electrons. The second-order valence-corrected chi connectivity index (χ2v) is 8.91. The van der Waals surface area contributed by atoms with E-state index in [2.05, 4.69) is 5.32 Å². The molecule has 0 bridgehead atoms. The van der Waals surface area contributed by atoms with Gasteiger partial charge in [-0.3, -0.25) is 0 Å². The summed E-state index contributed by atoms with van der Waals surface area (Å²) in [7, 11) is 1.33. The third kappa shape index (κ3) is 5.40. The number of likely N-dealkylation sites (tertiary alicyclic amines) is 1. The number of halogens is 2. The van der Waals surface area contributed by atoms with Gasteiger partial charge in [0.15, 0.2) is 0 Å². The zero-order valence-corrected chi connectivity index (χ0v) is 19.8. The van der Waals surface area contributed by atoms with Gasteiger partial charge < -0.3 is 15.0 Å². The van der Waals surface area contributed by atoms with Crippen molar-refractivity contribution in [3.63, 3.8) is 0 Å². The van der Waals surface area contributed by atoms with E-state index < -0.39 is 12.0 Å². The predicted octanol–water partition coefficient (Wildman–Crippen LogP) is 5.49. The zero-order valence-electron chi connectivity index (χ0n) is 18.3. The van der Waals surface area contributed by atoms with Crippen LogP contribution < -0.4 is 5.32 Å². The Morgan fingerprint density at radius 2 is 1.79 bits per heavy atom. The molecule has 1 fully saturated rings. The lowest BCUT2D eigenvalue weighted by atomic mass is 10.0. The first-order valence-corrected chi connectivity index (χ1v) is 11.7. The normalized spacial score (nSPS) is 14.7. The maximum Gasteiger partial charge on any atom is 0.328 e. The number of urea groups is 1. The van der Waals surface area contributed by atoms with Crippen molar-refractivity contribution in [2.75, 3.05) is 20.2 Å². The third-order valence-electron chi connectivity index (χ3n) is 5.84. The number of carbonyl (C=O) groups excluding carboxylic acids is 2. The van der Waals surface area contributed by atoms with E-state index in [1.54, 1.807) is 23.1 Å². The number of esters is 1. The molecule has 8 heteroatoms. The summed E-state index contributed by atoms with van der Waals surface area (Å²) < 4.78 is 4.94. The first-order chi connectivity index (χ1) is 16.0. The number of nitrogens with zero attached hydrogens (tertiary/aromatic N) is 2. The van der Waals surface area contributed by atoms with Crippen LogP contribution in [0, 0.1) is 0 Å². The molecule has 1 aliphatic rings. The van der Waals surface area contributed by atoms with Crippen LogP contribution in [0.1, 0.15) is 24.8 Å². The zero-order chi connectivity index (χ0) is 23.4. The Morgan fingerprint density at radius 3 is 2.48 bits per heavy atom. The van der Waals surface area contributed by atoms with Gasteiger partial charge in [-0.25, -0.2) is 14.6 Å². The predicted molar refractivity (Wildman–Crippen MR) is 131 cm³/mol. The molecule has 6 nitrogen and oxygen atoms in total. The van der Waals surface area contributed by atoms with Crippen LogP contribution in [0.15, 0.2) is 48.5 Å². The average Bonchev–Trinajstić information content (AvgIpc) is 2.83. The molecule has 4 rings (SSSR count). The maximum atomic E-state index is 12.6. The van der Waals surface area contributed by atoms with Gasteiger partial charge in [-0.1, -0.05) is 41.4 Å². The number of fused-ring (bicyclic) bond motifs is 1. The van der Waals surface area contributed by atoms with Crippen LogP contribution in [-0.2, 0) is 16.0 Å². The monoisotopic (exact) mass is 485 g/mol. The second kappa shape index (κ2) is 10.4. The Bertz CT molecular complexity index is 1160. The van der Waals surface area contributed by atoms with Gasteiger partial charge in [-0.05, 0) is 55.2 Å². The minimum absolute atomic E-state index is 0.228. The molecule has 0 spiro atoms. The number of nitrogens with one attached hydrogen (secondary N) is 1. The summed E-state index contributed by atoms with van der Waals surface area (Å²) in [5.74, 6) is -0.470. The van der Waals surface area contributed by atoms with Gasteiger partial charge in [0, 0.05) is 30.5 Å². The summed E-state index contributed by atoms with van der Waals surface area (Å²) in [6.07, 6.45) is 3.41. The van der Waals surface area contributed by atoms with Gasteiger partial charge in [-0.15, -0.1) is 0 Å². The van der Waals surface area contributed by atoms with Gasteiger partial charge in [-0.2, -0.15) is 0 Å². The van der Waals surface area contributed by atoms with Crippen LogP contribution in [0.3, 0.4) is 0 Å². The molecule has 1 N–H and O–H groups in total. The first kappa shape index (κ1) is 23.3. The lowest BCUT2D eigenvalue weighted by Gasteiger charge is -2.28. The highest BCUT2D eigenvalue weighted by molar-refractivity contribution is 6.39. The number of amides is 2. The van der Waals surface area contributed by atoms with Crippen molar-refractivity contribution < 1.29 is 14.3 Å². The number of rotatable bonds is 5. The molecule has 2 amide bonds.